The SMILES string of the molecule is CN=CC(=C(N)C#N)c1ccc2c(c1)CCCN2C. The lowest BCUT2D eigenvalue weighted by Crippen LogP contribution is -2.24. The van der Waals surface area contributed by atoms with E-state index in [0.717, 1.165) is 24.9 Å². The van der Waals surface area contributed by atoms with Crippen LogP contribution in [0.4, 0.5) is 5.69 Å². The first-order valence-electron chi connectivity index (χ1n) is 6.34. The van der Waals surface area contributed by atoms with Crippen molar-refractivity contribution in [2.45, 2.75) is 12.8 Å². The second kappa shape index (κ2) is 5.57. The van der Waals surface area contributed by atoms with Gasteiger partial charge in [0.25, 0.3) is 0 Å². The molecule has 1 aromatic rings. The van der Waals surface area contributed by atoms with E-state index < -0.39 is 0 Å². The van der Waals surface area contributed by atoms with E-state index in [1.54, 1.807) is 13.3 Å². The van der Waals surface area contributed by atoms with Crippen LogP contribution in [0.15, 0.2) is 28.9 Å². The first kappa shape index (κ1) is 13.2. The van der Waals surface area contributed by atoms with E-state index in [1.807, 2.05) is 12.1 Å². The molecule has 4 heteroatoms. The molecule has 0 radical (unpaired) electrons. The van der Waals surface area contributed by atoms with Crippen molar-refractivity contribution in [3.8, 4) is 6.07 Å². The van der Waals surface area contributed by atoms with Gasteiger partial charge in [0.1, 0.15) is 11.8 Å². The molecule has 0 spiro atoms. The molecule has 0 saturated carbocycles. The molecule has 0 saturated heterocycles. The second-order valence-electron chi connectivity index (χ2n) is 4.70. The average molecular weight is 254 g/mol. The van der Waals surface area contributed by atoms with Gasteiger partial charge in [-0.3, -0.25) is 4.99 Å². The Bertz CT molecular complexity index is 578. The summed E-state index contributed by atoms with van der Waals surface area (Å²) in [7, 11) is 3.78. The predicted molar refractivity (Wildman–Crippen MR) is 79.2 cm³/mol. The van der Waals surface area contributed by atoms with Crippen LogP contribution >= 0.6 is 0 Å². The lowest BCUT2D eigenvalue weighted by atomic mass is 9.96. The zero-order chi connectivity index (χ0) is 13.8. The summed E-state index contributed by atoms with van der Waals surface area (Å²) < 4.78 is 0. The van der Waals surface area contributed by atoms with Gasteiger partial charge in [-0.1, -0.05) is 6.07 Å². The van der Waals surface area contributed by atoms with Crippen molar-refractivity contribution in [3.05, 3.63) is 35.0 Å². The zero-order valence-electron chi connectivity index (χ0n) is 11.3. The third-order valence-electron chi connectivity index (χ3n) is 3.41. The number of allylic oxidation sites excluding steroid dienone is 2. The number of rotatable bonds is 2. The molecule has 19 heavy (non-hydrogen) atoms. The number of nitriles is 1. The van der Waals surface area contributed by atoms with E-state index in [2.05, 4.69) is 29.1 Å². The van der Waals surface area contributed by atoms with E-state index in [9.17, 15) is 0 Å². The summed E-state index contributed by atoms with van der Waals surface area (Å²) in [6, 6.07) is 8.21. The Morgan fingerprint density at radius 2 is 2.32 bits per heavy atom. The van der Waals surface area contributed by atoms with Crippen LogP contribution in [0.3, 0.4) is 0 Å². The highest BCUT2D eigenvalue weighted by Crippen LogP contribution is 2.29. The van der Waals surface area contributed by atoms with Crippen molar-refractivity contribution < 1.29 is 0 Å². The van der Waals surface area contributed by atoms with Crippen LogP contribution in [0, 0.1) is 11.3 Å². The minimum absolute atomic E-state index is 0.203. The number of nitrogens with zero attached hydrogens (tertiary/aromatic N) is 3. The highest BCUT2D eigenvalue weighted by Gasteiger charge is 2.15. The summed E-state index contributed by atoms with van der Waals surface area (Å²) in [5.41, 5.74) is 10.2. The monoisotopic (exact) mass is 254 g/mol. The fourth-order valence-electron chi connectivity index (χ4n) is 2.44. The predicted octanol–water partition coefficient (Wildman–Crippen LogP) is 1.96. The molecule has 0 amide bonds. The average Bonchev–Trinajstić information content (AvgIpc) is 2.44. The third-order valence-corrected chi connectivity index (χ3v) is 3.41. The quantitative estimate of drug-likeness (QED) is 0.648. The van der Waals surface area contributed by atoms with Crippen LogP contribution in [0.5, 0.6) is 0 Å². The fourth-order valence-corrected chi connectivity index (χ4v) is 2.44. The molecule has 1 aliphatic rings. The van der Waals surface area contributed by atoms with Crippen molar-refractivity contribution in [1.82, 2.24) is 0 Å². The Morgan fingerprint density at radius 1 is 1.53 bits per heavy atom. The summed E-state index contributed by atoms with van der Waals surface area (Å²) in [5, 5.41) is 8.97. The molecule has 2 rings (SSSR count). The van der Waals surface area contributed by atoms with Crippen LogP contribution < -0.4 is 10.6 Å². The standard InChI is InChI=1S/C15H18N4/c1-18-10-13(14(17)9-16)11-5-6-15-12(8-11)4-3-7-19(15)2/h5-6,8,10H,3-4,7,17H2,1-2H3. The molecule has 1 aliphatic heterocycles. The van der Waals surface area contributed by atoms with Gasteiger partial charge in [-0.15, -0.1) is 0 Å². The smallest absolute Gasteiger partial charge is 0.120 e. The Labute approximate surface area is 113 Å². The van der Waals surface area contributed by atoms with E-state index in [4.69, 9.17) is 11.0 Å². The van der Waals surface area contributed by atoms with Gasteiger partial charge in [0.15, 0.2) is 0 Å². The van der Waals surface area contributed by atoms with Crippen molar-refractivity contribution >= 4 is 17.5 Å². The van der Waals surface area contributed by atoms with Gasteiger partial charge in [-0.05, 0) is 36.1 Å². The Balaban J connectivity index is 2.50. The molecule has 1 heterocycles. The van der Waals surface area contributed by atoms with Gasteiger partial charge in [-0.25, -0.2) is 0 Å². The first-order valence-corrected chi connectivity index (χ1v) is 6.34. The Hall–Kier alpha value is -2.28. The van der Waals surface area contributed by atoms with Gasteiger partial charge in [-0.2, -0.15) is 5.26 Å². The fraction of sp³-hybridized carbons (Fsp3) is 0.333. The maximum atomic E-state index is 8.97. The summed E-state index contributed by atoms with van der Waals surface area (Å²) in [6.07, 6.45) is 3.87. The van der Waals surface area contributed by atoms with E-state index >= 15 is 0 Å². The van der Waals surface area contributed by atoms with E-state index in [-0.39, 0.29) is 5.70 Å². The van der Waals surface area contributed by atoms with Crippen LogP contribution in [-0.2, 0) is 6.42 Å². The summed E-state index contributed by atoms with van der Waals surface area (Å²) in [4.78, 5) is 6.24. The van der Waals surface area contributed by atoms with E-state index in [1.165, 1.54) is 11.3 Å². The normalized spacial score (nSPS) is 15.9. The highest BCUT2D eigenvalue weighted by molar-refractivity contribution is 6.11. The highest BCUT2D eigenvalue weighted by atomic mass is 15.1. The van der Waals surface area contributed by atoms with Crippen molar-refractivity contribution in [2.24, 2.45) is 10.7 Å². The van der Waals surface area contributed by atoms with Gasteiger partial charge < -0.3 is 10.6 Å². The summed E-state index contributed by atoms with van der Waals surface area (Å²) in [6.45, 7) is 1.09. The van der Waals surface area contributed by atoms with Gasteiger partial charge in [0.2, 0.25) is 0 Å². The number of fused-ring (bicyclic) bond motifs is 1. The molecule has 0 aromatic heterocycles. The van der Waals surface area contributed by atoms with Crippen LogP contribution in [0.2, 0.25) is 0 Å². The maximum absolute atomic E-state index is 8.97. The van der Waals surface area contributed by atoms with Gasteiger partial charge >= 0.3 is 0 Å². The molecule has 0 atom stereocenters. The summed E-state index contributed by atoms with van der Waals surface area (Å²) in [5.74, 6) is 0. The Morgan fingerprint density at radius 3 is 3.00 bits per heavy atom. The number of aliphatic imine (C=N–C) groups is 1. The minimum atomic E-state index is 0.203. The largest absolute Gasteiger partial charge is 0.390 e. The zero-order valence-corrected chi connectivity index (χ0v) is 11.3. The molecule has 98 valence electrons. The number of aryl methyl sites for hydroxylation is 1. The molecule has 4 nitrogen and oxygen atoms in total. The van der Waals surface area contributed by atoms with Gasteiger partial charge in [0, 0.05) is 38.1 Å². The topological polar surface area (TPSA) is 65.4 Å². The molecule has 1 aromatic carbocycles. The lowest BCUT2D eigenvalue weighted by molar-refractivity contribution is 0.744. The molecule has 0 aliphatic carbocycles. The van der Waals surface area contributed by atoms with Crippen molar-refractivity contribution in [2.75, 3.05) is 25.5 Å². The first-order chi connectivity index (χ1) is 9.17. The Kier molecular flexibility index (Phi) is 3.86. The lowest BCUT2D eigenvalue weighted by Gasteiger charge is -2.28. The van der Waals surface area contributed by atoms with Crippen molar-refractivity contribution in [3.63, 3.8) is 0 Å². The van der Waals surface area contributed by atoms with E-state index in [0.29, 0.717) is 5.57 Å². The third kappa shape index (κ3) is 2.60. The molecular formula is C15H18N4. The number of benzene rings is 1. The van der Waals surface area contributed by atoms with Crippen LogP contribution in [0.1, 0.15) is 17.5 Å². The molecule has 0 bridgehead atoms. The summed E-state index contributed by atoms with van der Waals surface area (Å²) >= 11 is 0. The number of anilines is 1. The van der Waals surface area contributed by atoms with Crippen LogP contribution in [-0.4, -0.2) is 26.9 Å². The molecule has 0 unspecified atom stereocenters. The number of hydrogen-bond donors (Lipinski definition) is 1. The molecule has 2 N–H and O–H groups in total. The maximum Gasteiger partial charge on any atom is 0.120 e. The molecular weight excluding hydrogens is 236 g/mol. The number of hydrogen-bond acceptors (Lipinski definition) is 4. The minimum Gasteiger partial charge on any atom is -0.390 e. The molecule has 0 fully saturated rings. The van der Waals surface area contributed by atoms with Crippen LogP contribution in [0.25, 0.3) is 5.57 Å². The second-order valence-corrected chi connectivity index (χ2v) is 4.70. The number of nitrogens with two attached hydrogens (primary N) is 1. The van der Waals surface area contributed by atoms with Gasteiger partial charge in [0.05, 0.1) is 0 Å². The van der Waals surface area contributed by atoms with Crippen molar-refractivity contribution in [1.29, 1.82) is 5.26 Å².